The van der Waals surface area contributed by atoms with E-state index in [0.29, 0.717) is 16.9 Å². The molecule has 3 aliphatic rings. The second kappa shape index (κ2) is 10.9. The van der Waals surface area contributed by atoms with Crippen LogP contribution in [0.3, 0.4) is 0 Å². The zero-order valence-electron chi connectivity index (χ0n) is 22.8. The minimum absolute atomic E-state index is 0.356. The zero-order valence-corrected chi connectivity index (χ0v) is 23.6. The smallest absolute Gasteiger partial charge is 0.199 e. The van der Waals surface area contributed by atoms with Crippen molar-refractivity contribution in [2.24, 2.45) is 4.99 Å². The molecule has 1 saturated heterocycles. The molecule has 204 valence electrons. The number of aromatic amines is 1. The Balaban J connectivity index is 1.07. The normalized spacial score (nSPS) is 17.8. The molecule has 0 saturated carbocycles. The average molecular weight is 560 g/mol. The van der Waals surface area contributed by atoms with Crippen molar-refractivity contribution >= 4 is 22.9 Å². The predicted molar refractivity (Wildman–Crippen MR) is 163 cm³/mol. The van der Waals surface area contributed by atoms with E-state index in [0.717, 1.165) is 72.2 Å². The van der Waals surface area contributed by atoms with Gasteiger partial charge in [0.15, 0.2) is 5.82 Å². The van der Waals surface area contributed by atoms with E-state index >= 15 is 0 Å². The van der Waals surface area contributed by atoms with Crippen LogP contribution in [0.1, 0.15) is 48.2 Å². The number of fused-ring (bicyclic) bond motifs is 1. The van der Waals surface area contributed by atoms with E-state index in [1.807, 2.05) is 29.2 Å². The molecule has 5 heterocycles. The number of halogens is 1. The Bertz CT molecular complexity index is 1680. The third-order valence-corrected chi connectivity index (χ3v) is 8.20. The van der Waals surface area contributed by atoms with E-state index in [9.17, 15) is 0 Å². The molecule has 0 spiro atoms. The summed E-state index contributed by atoms with van der Waals surface area (Å²) in [6.07, 6.45) is 7.84. The summed E-state index contributed by atoms with van der Waals surface area (Å²) in [5, 5.41) is 8.19. The fraction of sp³-hybridized carbons (Fsp3) is 0.212. The Morgan fingerprint density at radius 1 is 0.951 bits per heavy atom. The number of aliphatic imine (C=N–C) groups is 1. The van der Waals surface area contributed by atoms with Gasteiger partial charge in [-0.1, -0.05) is 72.3 Å². The summed E-state index contributed by atoms with van der Waals surface area (Å²) in [6, 6.07) is 25.0. The highest BCUT2D eigenvalue weighted by Gasteiger charge is 2.31. The van der Waals surface area contributed by atoms with E-state index in [-0.39, 0.29) is 0 Å². The first-order chi connectivity index (χ1) is 20.1. The van der Waals surface area contributed by atoms with Gasteiger partial charge in [-0.2, -0.15) is 5.10 Å². The standard InChI is InChI=1S/C33H30ClN7/c1-22-8-7-12-29(34)41-21-27(24-9-3-2-4-10-24)30(36-33(22)41)25-15-13-23(14-16-25)18-40-19-26(20-40)31-37-32(39-38-31)28-11-5-6-17-35-28/h2-6,9-17,21,26H,7-8,18-20H2,1H3,(H,37,38,39). The maximum Gasteiger partial charge on any atom is 0.199 e. The van der Waals surface area contributed by atoms with Gasteiger partial charge in [-0.15, -0.1) is 0 Å². The summed E-state index contributed by atoms with van der Waals surface area (Å²) in [5.41, 5.74) is 7.55. The van der Waals surface area contributed by atoms with Crippen LogP contribution in [0.25, 0.3) is 17.1 Å². The molecule has 1 N–H and O–H groups in total. The summed E-state index contributed by atoms with van der Waals surface area (Å²) < 4.78 is 0. The molecule has 2 aromatic carbocycles. The Labute approximate surface area is 244 Å². The van der Waals surface area contributed by atoms with Crippen LogP contribution < -0.4 is 0 Å². The number of pyridine rings is 1. The maximum absolute atomic E-state index is 6.70. The Kier molecular flexibility index (Phi) is 6.82. The van der Waals surface area contributed by atoms with Crippen LogP contribution in [0.2, 0.25) is 0 Å². The van der Waals surface area contributed by atoms with Gasteiger partial charge in [0, 0.05) is 49.1 Å². The Morgan fingerprint density at radius 3 is 2.54 bits per heavy atom. The Morgan fingerprint density at radius 2 is 1.76 bits per heavy atom. The molecule has 7 nitrogen and oxygen atoms in total. The number of aromatic nitrogens is 4. The number of benzene rings is 2. The number of nitrogens with one attached hydrogen (secondary N) is 1. The van der Waals surface area contributed by atoms with E-state index in [1.165, 1.54) is 11.1 Å². The number of nitrogens with zero attached hydrogens (tertiary/aromatic N) is 6. The van der Waals surface area contributed by atoms with E-state index in [1.54, 1.807) is 6.20 Å². The quantitative estimate of drug-likeness (QED) is 0.266. The third kappa shape index (κ3) is 5.14. The molecule has 0 aliphatic carbocycles. The van der Waals surface area contributed by atoms with Crippen molar-refractivity contribution in [2.45, 2.75) is 32.2 Å². The number of H-pyrrole nitrogens is 1. The molecule has 3 aliphatic heterocycles. The minimum atomic E-state index is 0.356. The molecule has 0 radical (unpaired) electrons. The molecule has 7 rings (SSSR count). The van der Waals surface area contributed by atoms with Crippen LogP contribution in [0.5, 0.6) is 0 Å². The summed E-state index contributed by atoms with van der Waals surface area (Å²) in [6.45, 7) is 4.94. The van der Waals surface area contributed by atoms with Crippen LogP contribution in [0.4, 0.5) is 0 Å². The fourth-order valence-electron chi connectivity index (χ4n) is 5.57. The minimum Gasteiger partial charge on any atom is -0.298 e. The van der Waals surface area contributed by atoms with Crippen LogP contribution in [-0.4, -0.2) is 48.8 Å². The first-order valence-electron chi connectivity index (χ1n) is 14.0. The lowest BCUT2D eigenvalue weighted by Crippen LogP contribution is -2.44. The fourth-order valence-corrected chi connectivity index (χ4v) is 5.80. The molecule has 0 atom stereocenters. The first kappa shape index (κ1) is 25.6. The molecule has 0 bridgehead atoms. The van der Waals surface area contributed by atoms with Gasteiger partial charge in [-0.3, -0.25) is 19.9 Å². The number of likely N-dealkylation sites (tertiary alicyclic amines) is 1. The average Bonchev–Trinajstić information content (AvgIpc) is 3.44. The Hall–Kier alpha value is -4.33. The van der Waals surface area contributed by atoms with Crippen molar-refractivity contribution in [2.75, 3.05) is 13.1 Å². The molecule has 41 heavy (non-hydrogen) atoms. The molecule has 0 amide bonds. The third-order valence-electron chi connectivity index (χ3n) is 7.86. The van der Waals surface area contributed by atoms with E-state index in [4.69, 9.17) is 21.6 Å². The second-order valence-electron chi connectivity index (χ2n) is 10.8. The zero-order chi connectivity index (χ0) is 27.8. The van der Waals surface area contributed by atoms with Crippen molar-refractivity contribution in [1.82, 2.24) is 30.0 Å². The molecule has 1 fully saturated rings. The lowest BCUT2D eigenvalue weighted by Gasteiger charge is -2.38. The van der Waals surface area contributed by atoms with Gasteiger partial charge in [0.2, 0.25) is 0 Å². The number of hydrogen-bond acceptors (Lipinski definition) is 6. The van der Waals surface area contributed by atoms with Gasteiger partial charge < -0.3 is 0 Å². The number of rotatable bonds is 6. The molecule has 2 aromatic heterocycles. The summed E-state index contributed by atoms with van der Waals surface area (Å²) in [7, 11) is 0. The maximum atomic E-state index is 6.70. The van der Waals surface area contributed by atoms with Gasteiger partial charge in [0.05, 0.1) is 5.71 Å². The molecular weight excluding hydrogens is 530 g/mol. The lowest BCUT2D eigenvalue weighted by atomic mass is 9.94. The summed E-state index contributed by atoms with van der Waals surface area (Å²) in [4.78, 5) is 18.7. The van der Waals surface area contributed by atoms with E-state index in [2.05, 4.69) is 87.8 Å². The van der Waals surface area contributed by atoms with Crippen molar-refractivity contribution < 1.29 is 0 Å². The predicted octanol–water partition coefficient (Wildman–Crippen LogP) is 6.72. The number of hydrogen-bond donors (Lipinski definition) is 1. The van der Waals surface area contributed by atoms with E-state index < -0.39 is 0 Å². The lowest BCUT2D eigenvalue weighted by molar-refractivity contribution is 0.135. The first-order valence-corrected chi connectivity index (χ1v) is 14.4. The monoisotopic (exact) mass is 559 g/mol. The van der Waals surface area contributed by atoms with Gasteiger partial charge >= 0.3 is 0 Å². The van der Waals surface area contributed by atoms with Crippen LogP contribution in [-0.2, 0) is 6.54 Å². The highest BCUT2D eigenvalue weighted by molar-refractivity contribution is 6.33. The molecule has 4 aromatic rings. The van der Waals surface area contributed by atoms with Gasteiger partial charge in [0.1, 0.15) is 22.5 Å². The van der Waals surface area contributed by atoms with Gasteiger partial charge in [0.25, 0.3) is 0 Å². The van der Waals surface area contributed by atoms with Crippen LogP contribution in [0.15, 0.2) is 113 Å². The molecular formula is C33H30ClN7. The topological polar surface area (TPSA) is 73.3 Å². The molecule has 8 heteroatoms. The highest BCUT2D eigenvalue weighted by atomic mass is 35.5. The highest BCUT2D eigenvalue weighted by Crippen LogP contribution is 2.36. The van der Waals surface area contributed by atoms with Gasteiger partial charge in [-0.25, -0.2) is 9.98 Å². The molecule has 0 unspecified atom stereocenters. The van der Waals surface area contributed by atoms with Crippen molar-refractivity contribution in [3.8, 4) is 11.5 Å². The summed E-state index contributed by atoms with van der Waals surface area (Å²) in [5.74, 6) is 2.86. The summed E-state index contributed by atoms with van der Waals surface area (Å²) >= 11 is 6.70. The van der Waals surface area contributed by atoms with Gasteiger partial charge in [-0.05, 0) is 54.7 Å². The largest absolute Gasteiger partial charge is 0.298 e. The van der Waals surface area contributed by atoms with Crippen molar-refractivity contribution in [1.29, 1.82) is 0 Å². The van der Waals surface area contributed by atoms with Crippen molar-refractivity contribution in [3.05, 3.63) is 130 Å². The SMILES string of the molecule is CC1=C2N=C(c3ccc(CN4CC(c5nc(-c6ccccn6)n[nH]5)C4)cc3)C(c3ccccc3)=CN2C(Cl)=CCC1. The van der Waals surface area contributed by atoms with Crippen LogP contribution in [0, 0.1) is 0 Å². The second-order valence-corrected chi connectivity index (χ2v) is 11.1. The number of allylic oxidation sites excluding steroid dienone is 3. The van der Waals surface area contributed by atoms with Crippen LogP contribution >= 0.6 is 11.6 Å². The van der Waals surface area contributed by atoms with Crippen molar-refractivity contribution in [3.63, 3.8) is 0 Å².